The van der Waals surface area contributed by atoms with Crippen molar-refractivity contribution in [1.29, 1.82) is 0 Å². The monoisotopic (exact) mass is 300 g/mol. The van der Waals surface area contributed by atoms with Crippen molar-refractivity contribution in [3.63, 3.8) is 0 Å². The Morgan fingerprint density at radius 3 is 2.05 bits per heavy atom. The Bertz CT molecular complexity index is 646. The van der Waals surface area contributed by atoms with Crippen molar-refractivity contribution in [2.45, 2.75) is 18.9 Å². The van der Waals surface area contributed by atoms with E-state index in [0.29, 0.717) is 11.4 Å². The lowest BCUT2D eigenvalue weighted by atomic mass is 9.94. The molecule has 2 nitrogen and oxygen atoms in total. The zero-order valence-corrected chi connectivity index (χ0v) is 12.6. The Morgan fingerprint density at radius 2 is 1.52 bits per heavy atom. The van der Waals surface area contributed by atoms with Gasteiger partial charge in [-0.05, 0) is 35.7 Å². The minimum atomic E-state index is -1.21. The molecule has 0 saturated heterocycles. The lowest BCUT2D eigenvalue weighted by Gasteiger charge is -2.17. The Morgan fingerprint density at radius 1 is 1.00 bits per heavy atom. The molecule has 2 rings (SSSR count). The fourth-order valence-corrected chi connectivity index (χ4v) is 2.12. The molecule has 3 heteroatoms. The summed E-state index contributed by atoms with van der Waals surface area (Å²) in [6.45, 7) is 1.65. The molecule has 1 unspecified atom stereocenters. The third-order valence-corrected chi connectivity index (χ3v) is 3.45. The van der Waals surface area contributed by atoms with Crippen LogP contribution < -0.4 is 0 Å². The molecule has 0 bridgehead atoms. The maximum Gasteiger partial charge on any atom is 0.148 e. The van der Waals surface area contributed by atoms with Gasteiger partial charge in [0.1, 0.15) is 5.60 Å². The highest BCUT2D eigenvalue weighted by Gasteiger charge is 2.19. The van der Waals surface area contributed by atoms with Crippen LogP contribution in [0, 0.1) is 11.8 Å². The molecule has 21 heavy (non-hydrogen) atoms. The molecule has 2 N–H and O–H groups in total. The lowest BCUT2D eigenvalue weighted by Crippen LogP contribution is -2.18. The first kappa shape index (κ1) is 15.6. The molecular formula is C18H17ClO2. The van der Waals surface area contributed by atoms with Gasteiger partial charge in [-0.3, -0.25) is 0 Å². The van der Waals surface area contributed by atoms with Gasteiger partial charge in [0, 0.05) is 11.4 Å². The number of halogens is 1. The summed E-state index contributed by atoms with van der Waals surface area (Å²) < 4.78 is 0. The topological polar surface area (TPSA) is 40.5 Å². The zero-order chi connectivity index (χ0) is 15.3. The molecule has 0 aliphatic carbocycles. The number of hydrogen-bond acceptors (Lipinski definition) is 2. The Labute approximate surface area is 130 Å². The van der Waals surface area contributed by atoms with Crippen LogP contribution in [-0.2, 0) is 5.60 Å². The van der Waals surface area contributed by atoms with E-state index in [2.05, 4.69) is 11.8 Å². The number of rotatable bonds is 3. The van der Waals surface area contributed by atoms with Gasteiger partial charge in [-0.15, -0.1) is 0 Å². The molecule has 2 aromatic carbocycles. The Hall–Kier alpha value is -1.79. The standard InChI is InChI=1S/C18H17ClO2/c1-18(21,12-2-3-13-20)16-8-4-14(5-9-16)15-6-10-17(19)11-7-15/h4-11,20-21H,3,13H2,1H3. The van der Waals surface area contributed by atoms with E-state index in [1.54, 1.807) is 6.92 Å². The summed E-state index contributed by atoms with van der Waals surface area (Å²) in [4.78, 5) is 0. The molecule has 2 aromatic rings. The van der Waals surface area contributed by atoms with Crippen LogP contribution in [0.4, 0.5) is 0 Å². The predicted molar refractivity (Wildman–Crippen MR) is 85.9 cm³/mol. The van der Waals surface area contributed by atoms with Gasteiger partial charge in [0.05, 0.1) is 6.61 Å². The highest BCUT2D eigenvalue weighted by molar-refractivity contribution is 6.30. The first-order valence-electron chi connectivity index (χ1n) is 6.73. The Kier molecular flexibility index (Phi) is 5.03. The van der Waals surface area contributed by atoms with Gasteiger partial charge in [-0.25, -0.2) is 0 Å². The van der Waals surface area contributed by atoms with Crippen LogP contribution in [0.25, 0.3) is 11.1 Å². The second-order valence-corrected chi connectivity index (χ2v) is 5.37. The van der Waals surface area contributed by atoms with Crippen LogP contribution in [0.3, 0.4) is 0 Å². The second kappa shape index (κ2) is 6.78. The largest absolute Gasteiger partial charge is 0.395 e. The molecule has 0 radical (unpaired) electrons. The molecule has 1 atom stereocenters. The SMILES string of the molecule is CC(O)(C#CCCO)c1ccc(-c2ccc(Cl)cc2)cc1. The number of aliphatic hydroxyl groups is 2. The average Bonchev–Trinajstić information content (AvgIpc) is 2.48. The molecule has 0 saturated carbocycles. The molecule has 0 heterocycles. The van der Waals surface area contributed by atoms with Gasteiger partial charge in [-0.2, -0.15) is 0 Å². The minimum absolute atomic E-state index is 0.00140. The van der Waals surface area contributed by atoms with Crippen LogP contribution in [0.1, 0.15) is 18.9 Å². The molecule has 0 amide bonds. The van der Waals surface area contributed by atoms with E-state index in [1.807, 2.05) is 48.5 Å². The van der Waals surface area contributed by atoms with Gasteiger partial charge >= 0.3 is 0 Å². The molecule has 108 valence electrons. The van der Waals surface area contributed by atoms with Crippen LogP contribution in [0.15, 0.2) is 48.5 Å². The summed E-state index contributed by atoms with van der Waals surface area (Å²) in [5, 5.41) is 19.8. The number of aliphatic hydroxyl groups excluding tert-OH is 1. The van der Waals surface area contributed by atoms with Gasteiger partial charge in [-0.1, -0.05) is 59.8 Å². The van der Waals surface area contributed by atoms with Crippen molar-refractivity contribution < 1.29 is 10.2 Å². The van der Waals surface area contributed by atoms with Crippen molar-refractivity contribution in [1.82, 2.24) is 0 Å². The molecule has 0 fully saturated rings. The third-order valence-electron chi connectivity index (χ3n) is 3.19. The van der Waals surface area contributed by atoms with Crippen molar-refractivity contribution in [2.24, 2.45) is 0 Å². The first-order valence-corrected chi connectivity index (χ1v) is 7.10. The van der Waals surface area contributed by atoms with Gasteiger partial charge in [0.25, 0.3) is 0 Å². The van der Waals surface area contributed by atoms with Gasteiger partial charge in [0.2, 0.25) is 0 Å². The van der Waals surface area contributed by atoms with Crippen LogP contribution in [0.2, 0.25) is 5.02 Å². The van der Waals surface area contributed by atoms with E-state index < -0.39 is 5.60 Å². The van der Waals surface area contributed by atoms with Crippen molar-refractivity contribution in [3.8, 4) is 23.0 Å². The lowest BCUT2D eigenvalue weighted by molar-refractivity contribution is 0.122. The average molecular weight is 301 g/mol. The summed E-state index contributed by atoms with van der Waals surface area (Å²) in [6.07, 6.45) is 0.360. The maximum atomic E-state index is 10.3. The Balaban J connectivity index is 2.23. The van der Waals surface area contributed by atoms with E-state index in [4.69, 9.17) is 16.7 Å². The summed E-state index contributed by atoms with van der Waals surface area (Å²) in [6, 6.07) is 15.2. The smallest absolute Gasteiger partial charge is 0.148 e. The van der Waals surface area contributed by atoms with Crippen LogP contribution in [0.5, 0.6) is 0 Å². The zero-order valence-electron chi connectivity index (χ0n) is 11.8. The number of hydrogen-bond donors (Lipinski definition) is 2. The van der Waals surface area contributed by atoms with E-state index >= 15 is 0 Å². The summed E-state index contributed by atoms with van der Waals surface area (Å²) >= 11 is 5.88. The summed E-state index contributed by atoms with van der Waals surface area (Å²) in [5.74, 6) is 5.53. The quantitative estimate of drug-likeness (QED) is 0.850. The van der Waals surface area contributed by atoms with E-state index in [9.17, 15) is 5.11 Å². The number of benzene rings is 2. The van der Waals surface area contributed by atoms with Crippen molar-refractivity contribution >= 4 is 11.6 Å². The molecular weight excluding hydrogens is 284 g/mol. The third kappa shape index (κ3) is 4.09. The molecule has 0 spiro atoms. The summed E-state index contributed by atoms with van der Waals surface area (Å²) in [5.41, 5.74) is 1.63. The molecule has 0 aromatic heterocycles. The van der Waals surface area contributed by atoms with E-state index in [-0.39, 0.29) is 6.61 Å². The van der Waals surface area contributed by atoms with Crippen LogP contribution >= 0.6 is 11.6 Å². The highest BCUT2D eigenvalue weighted by atomic mass is 35.5. The first-order chi connectivity index (χ1) is 10.0. The summed E-state index contributed by atoms with van der Waals surface area (Å²) in [7, 11) is 0. The van der Waals surface area contributed by atoms with Gasteiger partial charge < -0.3 is 10.2 Å². The fourth-order valence-electron chi connectivity index (χ4n) is 1.99. The normalized spacial score (nSPS) is 13.1. The predicted octanol–water partition coefficient (Wildman–Crippen LogP) is 3.60. The second-order valence-electron chi connectivity index (χ2n) is 4.93. The van der Waals surface area contributed by atoms with E-state index in [1.165, 1.54) is 0 Å². The van der Waals surface area contributed by atoms with Crippen LogP contribution in [-0.4, -0.2) is 16.8 Å². The van der Waals surface area contributed by atoms with E-state index in [0.717, 1.165) is 16.7 Å². The van der Waals surface area contributed by atoms with Gasteiger partial charge in [0.15, 0.2) is 0 Å². The fraction of sp³-hybridized carbons (Fsp3) is 0.222. The van der Waals surface area contributed by atoms with Crippen molar-refractivity contribution in [3.05, 3.63) is 59.1 Å². The minimum Gasteiger partial charge on any atom is -0.395 e. The highest BCUT2D eigenvalue weighted by Crippen LogP contribution is 2.25. The molecule has 0 aliphatic heterocycles. The maximum absolute atomic E-state index is 10.3. The molecule has 0 aliphatic rings. The van der Waals surface area contributed by atoms with Crippen molar-refractivity contribution in [2.75, 3.05) is 6.61 Å².